The first kappa shape index (κ1) is 15.9. The predicted octanol–water partition coefficient (Wildman–Crippen LogP) is 3.75. The highest BCUT2D eigenvalue weighted by Gasteiger charge is 2.11. The summed E-state index contributed by atoms with van der Waals surface area (Å²) >= 11 is 5.25. The quantitative estimate of drug-likeness (QED) is 0.824. The Bertz CT molecular complexity index is 369. The van der Waals surface area contributed by atoms with Crippen molar-refractivity contribution in [3.8, 4) is 5.75 Å². The molecule has 0 aliphatic heterocycles. The largest absolute Gasteiger partial charge is 0.496 e. The van der Waals surface area contributed by atoms with Crippen molar-refractivity contribution in [1.29, 1.82) is 0 Å². The van der Waals surface area contributed by atoms with Crippen LogP contribution < -0.4 is 4.74 Å². The first-order chi connectivity index (χ1) is 8.52. The van der Waals surface area contributed by atoms with Crippen molar-refractivity contribution in [3.63, 3.8) is 0 Å². The fourth-order valence-corrected chi connectivity index (χ4v) is 3.07. The molecule has 0 spiro atoms. The Morgan fingerprint density at radius 2 is 2.06 bits per heavy atom. The predicted molar refractivity (Wildman–Crippen MR) is 82.6 cm³/mol. The molecule has 0 amide bonds. The molecule has 1 aromatic rings. The maximum Gasteiger partial charge on any atom is 0.122 e. The number of benzene rings is 1. The van der Waals surface area contributed by atoms with Crippen molar-refractivity contribution in [2.24, 2.45) is 5.92 Å². The molecule has 102 valence electrons. The van der Waals surface area contributed by atoms with Gasteiger partial charge >= 0.3 is 0 Å². The molecule has 0 aromatic heterocycles. The van der Waals surface area contributed by atoms with Crippen molar-refractivity contribution in [1.82, 2.24) is 0 Å². The molecule has 1 unspecified atom stereocenters. The minimum Gasteiger partial charge on any atom is -0.496 e. The maximum atomic E-state index is 10.0. The third-order valence-corrected chi connectivity index (χ3v) is 4.48. The van der Waals surface area contributed by atoms with Gasteiger partial charge in [-0.2, -0.15) is 11.8 Å². The van der Waals surface area contributed by atoms with Crippen LogP contribution in [0.5, 0.6) is 5.75 Å². The van der Waals surface area contributed by atoms with Crippen LogP contribution in [0.15, 0.2) is 22.7 Å². The summed E-state index contributed by atoms with van der Waals surface area (Å²) in [4.78, 5) is 0. The number of hydrogen-bond acceptors (Lipinski definition) is 3. The van der Waals surface area contributed by atoms with E-state index in [4.69, 9.17) is 4.74 Å². The zero-order valence-electron chi connectivity index (χ0n) is 11.1. The Hall–Kier alpha value is -0.190. The molecule has 18 heavy (non-hydrogen) atoms. The summed E-state index contributed by atoms with van der Waals surface area (Å²) in [6, 6.07) is 5.88. The van der Waals surface area contributed by atoms with E-state index < -0.39 is 0 Å². The van der Waals surface area contributed by atoms with E-state index in [2.05, 4.69) is 29.8 Å². The van der Waals surface area contributed by atoms with Crippen molar-refractivity contribution < 1.29 is 9.84 Å². The van der Waals surface area contributed by atoms with E-state index in [1.165, 1.54) is 0 Å². The number of methoxy groups -OCH3 is 1. The number of hydrogen-bond donors (Lipinski definition) is 1. The van der Waals surface area contributed by atoms with Gasteiger partial charge < -0.3 is 9.84 Å². The number of ether oxygens (including phenoxy) is 1. The first-order valence-electron chi connectivity index (χ1n) is 6.11. The van der Waals surface area contributed by atoms with Crippen LogP contribution in [0.3, 0.4) is 0 Å². The number of halogens is 1. The second-order valence-corrected chi connectivity index (χ2v) is 6.74. The van der Waals surface area contributed by atoms with Gasteiger partial charge in [0.1, 0.15) is 5.75 Å². The van der Waals surface area contributed by atoms with E-state index in [1.807, 2.05) is 18.2 Å². The van der Waals surface area contributed by atoms with Gasteiger partial charge in [-0.05, 0) is 35.4 Å². The van der Waals surface area contributed by atoms with Crippen molar-refractivity contribution >= 4 is 27.7 Å². The summed E-state index contributed by atoms with van der Waals surface area (Å²) in [6.45, 7) is 4.38. The van der Waals surface area contributed by atoms with Crippen molar-refractivity contribution in [3.05, 3.63) is 28.2 Å². The third-order valence-electron chi connectivity index (χ3n) is 2.46. The summed E-state index contributed by atoms with van der Waals surface area (Å²) in [6.07, 6.45) is 0.310. The Morgan fingerprint density at radius 1 is 1.33 bits per heavy atom. The van der Waals surface area contributed by atoms with E-state index in [0.29, 0.717) is 12.3 Å². The lowest BCUT2D eigenvalue weighted by molar-refractivity contribution is 0.198. The fraction of sp³-hybridized carbons (Fsp3) is 0.571. The van der Waals surface area contributed by atoms with Crippen LogP contribution >= 0.6 is 27.7 Å². The van der Waals surface area contributed by atoms with Crippen molar-refractivity contribution in [2.45, 2.75) is 26.4 Å². The van der Waals surface area contributed by atoms with Gasteiger partial charge in [0, 0.05) is 16.6 Å². The number of thioether (sulfide) groups is 1. The summed E-state index contributed by atoms with van der Waals surface area (Å²) in [5.74, 6) is 3.37. The standard InChI is InChI=1S/C14H21BrO2S/c1-10(2)8-18-9-13(16)7-11-6-12(15)4-5-14(11)17-3/h4-6,10,13,16H,7-9H2,1-3H3. The Balaban J connectivity index is 2.52. The fourth-order valence-electron chi connectivity index (χ4n) is 1.66. The van der Waals surface area contributed by atoms with Gasteiger partial charge in [0.05, 0.1) is 13.2 Å². The molecule has 0 radical (unpaired) electrons. The molecule has 0 aliphatic carbocycles. The molecule has 1 atom stereocenters. The monoisotopic (exact) mass is 332 g/mol. The van der Waals surface area contributed by atoms with Crippen molar-refractivity contribution in [2.75, 3.05) is 18.6 Å². The molecular weight excluding hydrogens is 312 g/mol. The first-order valence-corrected chi connectivity index (χ1v) is 8.06. The van der Waals surface area contributed by atoms with E-state index >= 15 is 0 Å². The molecule has 1 N–H and O–H groups in total. The molecular formula is C14H21BrO2S. The zero-order valence-corrected chi connectivity index (χ0v) is 13.6. The molecule has 0 saturated heterocycles. The highest BCUT2D eigenvalue weighted by Crippen LogP contribution is 2.25. The van der Waals surface area contributed by atoms with Gasteiger partial charge in [0.2, 0.25) is 0 Å². The van der Waals surface area contributed by atoms with Gasteiger partial charge in [-0.3, -0.25) is 0 Å². The lowest BCUT2D eigenvalue weighted by atomic mass is 10.1. The lowest BCUT2D eigenvalue weighted by Gasteiger charge is -2.14. The minimum absolute atomic E-state index is 0.322. The Morgan fingerprint density at radius 3 is 2.67 bits per heavy atom. The third kappa shape index (κ3) is 5.63. The molecule has 0 fully saturated rings. The van der Waals surface area contributed by atoms with Crippen LogP contribution in [0.1, 0.15) is 19.4 Å². The van der Waals surface area contributed by atoms with Gasteiger partial charge in [-0.15, -0.1) is 0 Å². The minimum atomic E-state index is -0.322. The second-order valence-electron chi connectivity index (χ2n) is 4.75. The maximum absolute atomic E-state index is 10.0. The van der Waals surface area contributed by atoms with Gasteiger partial charge in [-0.1, -0.05) is 29.8 Å². The van der Waals surface area contributed by atoms with E-state index in [1.54, 1.807) is 18.9 Å². The van der Waals surface area contributed by atoms with Gasteiger partial charge in [-0.25, -0.2) is 0 Å². The van der Waals surface area contributed by atoms with E-state index in [9.17, 15) is 5.11 Å². The summed E-state index contributed by atoms with van der Waals surface area (Å²) < 4.78 is 6.32. The van der Waals surface area contributed by atoms with Crippen LogP contribution in [0.4, 0.5) is 0 Å². The van der Waals surface area contributed by atoms with Crippen LogP contribution in [0.25, 0.3) is 0 Å². The molecule has 0 aliphatic rings. The summed E-state index contributed by atoms with van der Waals surface area (Å²) in [5.41, 5.74) is 1.05. The van der Waals surface area contributed by atoms with E-state index in [0.717, 1.165) is 27.3 Å². The summed E-state index contributed by atoms with van der Waals surface area (Å²) in [7, 11) is 1.66. The van der Waals surface area contributed by atoms with Crippen LogP contribution in [-0.2, 0) is 6.42 Å². The molecule has 1 rings (SSSR count). The van der Waals surface area contributed by atoms with Gasteiger partial charge in [0.25, 0.3) is 0 Å². The van der Waals surface area contributed by atoms with Crippen LogP contribution in [0, 0.1) is 5.92 Å². The van der Waals surface area contributed by atoms with E-state index in [-0.39, 0.29) is 6.10 Å². The highest BCUT2D eigenvalue weighted by atomic mass is 79.9. The smallest absolute Gasteiger partial charge is 0.122 e. The molecule has 1 aromatic carbocycles. The topological polar surface area (TPSA) is 29.5 Å². The number of rotatable bonds is 7. The molecule has 0 bridgehead atoms. The number of aliphatic hydroxyl groups excluding tert-OH is 1. The lowest BCUT2D eigenvalue weighted by Crippen LogP contribution is -2.15. The van der Waals surface area contributed by atoms with Crippen LogP contribution in [0.2, 0.25) is 0 Å². The van der Waals surface area contributed by atoms with Crippen LogP contribution in [-0.4, -0.2) is 29.8 Å². The summed E-state index contributed by atoms with van der Waals surface area (Å²) in [5, 5.41) is 10.0. The Kier molecular flexibility index (Phi) is 7.12. The molecule has 0 saturated carbocycles. The average Bonchev–Trinajstić information content (AvgIpc) is 2.28. The zero-order chi connectivity index (χ0) is 13.5. The SMILES string of the molecule is COc1ccc(Br)cc1CC(O)CSCC(C)C. The normalized spacial score (nSPS) is 12.8. The number of aliphatic hydroxyl groups is 1. The van der Waals surface area contributed by atoms with Gasteiger partial charge in [0.15, 0.2) is 0 Å². The molecule has 4 heteroatoms. The second kappa shape index (κ2) is 8.08. The average molecular weight is 333 g/mol. The molecule has 2 nitrogen and oxygen atoms in total. The Labute approximate surface area is 122 Å². The highest BCUT2D eigenvalue weighted by molar-refractivity contribution is 9.10. The molecule has 0 heterocycles.